The minimum absolute atomic E-state index is 0.409. The fraction of sp³-hybridized carbons (Fsp3) is 0.769. The molecule has 3 N–H and O–H groups in total. The third kappa shape index (κ3) is 2.96. The number of aromatic nitrogens is 2. The average Bonchev–Trinajstić information content (AvgIpc) is 2.67. The van der Waals surface area contributed by atoms with Gasteiger partial charge >= 0.3 is 0 Å². The number of hydrogen-bond donors (Lipinski definition) is 2. The molecule has 1 aliphatic rings. The highest BCUT2D eigenvalue weighted by Gasteiger charge is 2.15. The summed E-state index contributed by atoms with van der Waals surface area (Å²) in [6.45, 7) is 3.87. The van der Waals surface area contributed by atoms with Crippen molar-refractivity contribution in [2.45, 2.75) is 45.1 Å². The number of nitrogens with two attached hydrogens (primary N) is 1. The Bertz CT molecular complexity index is 383. The zero-order valence-corrected chi connectivity index (χ0v) is 11.4. The SMILES string of the molecule is CCc1nn(C)c(NCCC2CCCCO2)c1N. The van der Waals surface area contributed by atoms with E-state index in [9.17, 15) is 0 Å². The maximum absolute atomic E-state index is 6.06. The molecule has 1 saturated heterocycles. The number of nitrogens with zero attached hydrogens (tertiary/aromatic N) is 2. The number of rotatable bonds is 5. The molecule has 0 amide bonds. The van der Waals surface area contributed by atoms with Gasteiger partial charge in [-0.05, 0) is 32.1 Å². The minimum atomic E-state index is 0.409. The molecule has 2 heterocycles. The highest BCUT2D eigenvalue weighted by molar-refractivity contribution is 5.64. The van der Waals surface area contributed by atoms with Crippen LogP contribution in [0.5, 0.6) is 0 Å². The highest BCUT2D eigenvalue weighted by atomic mass is 16.5. The van der Waals surface area contributed by atoms with Gasteiger partial charge in [0.2, 0.25) is 0 Å². The fourth-order valence-corrected chi connectivity index (χ4v) is 2.45. The lowest BCUT2D eigenvalue weighted by atomic mass is 10.1. The summed E-state index contributed by atoms with van der Waals surface area (Å²) in [7, 11) is 1.93. The predicted octanol–water partition coefficient (Wildman–Crippen LogP) is 1.94. The Kier molecular flexibility index (Phi) is 4.47. The van der Waals surface area contributed by atoms with Crippen LogP contribution in [0, 0.1) is 0 Å². The quantitative estimate of drug-likeness (QED) is 0.840. The third-order valence-electron chi connectivity index (χ3n) is 3.53. The lowest BCUT2D eigenvalue weighted by Gasteiger charge is -2.22. The Morgan fingerprint density at radius 1 is 1.50 bits per heavy atom. The van der Waals surface area contributed by atoms with E-state index < -0.39 is 0 Å². The lowest BCUT2D eigenvalue weighted by molar-refractivity contribution is 0.0134. The maximum Gasteiger partial charge on any atom is 0.147 e. The van der Waals surface area contributed by atoms with Crippen LogP contribution in [-0.2, 0) is 18.2 Å². The zero-order chi connectivity index (χ0) is 13.0. The molecule has 0 aromatic carbocycles. The van der Waals surface area contributed by atoms with Crippen molar-refractivity contribution in [1.82, 2.24) is 9.78 Å². The Labute approximate surface area is 109 Å². The first-order chi connectivity index (χ1) is 8.72. The molecule has 5 nitrogen and oxygen atoms in total. The van der Waals surface area contributed by atoms with Crippen LogP contribution in [0.4, 0.5) is 11.5 Å². The van der Waals surface area contributed by atoms with Crippen molar-refractivity contribution in [3.63, 3.8) is 0 Å². The normalized spacial score (nSPS) is 20.0. The van der Waals surface area contributed by atoms with E-state index >= 15 is 0 Å². The van der Waals surface area contributed by atoms with Crippen LogP contribution in [0.25, 0.3) is 0 Å². The number of anilines is 2. The molecule has 0 saturated carbocycles. The van der Waals surface area contributed by atoms with Crippen molar-refractivity contribution in [1.29, 1.82) is 0 Å². The van der Waals surface area contributed by atoms with Gasteiger partial charge in [-0.3, -0.25) is 4.68 Å². The zero-order valence-electron chi connectivity index (χ0n) is 11.4. The molecule has 0 bridgehead atoms. The molecule has 0 radical (unpaired) electrons. The second-order valence-electron chi connectivity index (χ2n) is 4.89. The van der Waals surface area contributed by atoms with Gasteiger partial charge in [0.15, 0.2) is 0 Å². The first-order valence-electron chi connectivity index (χ1n) is 6.89. The first kappa shape index (κ1) is 13.2. The molecule has 1 atom stereocenters. The lowest BCUT2D eigenvalue weighted by Crippen LogP contribution is -2.22. The predicted molar refractivity (Wildman–Crippen MR) is 73.7 cm³/mol. The smallest absolute Gasteiger partial charge is 0.147 e. The molecule has 0 spiro atoms. The van der Waals surface area contributed by atoms with Crippen LogP contribution in [0.1, 0.15) is 38.3 Å². The van der Waals surface area contributed by atoms with Crippen LogP contribution in [-0.4, -0.2) is 29.0 Å². The van der Waals surface area contributed by atoms with E-state index in [-0.39, 0.29) is 0 Å². The summed E-state index contributed by atoms with van der Waals surface area (Å²) in [4.78, 5) is 0. The monoisotopic (exact) mass is 252 g/mol. The Morgan fingerprint density at radius 3 is 2.94 bits per heavy atom. The molecule has 18 heavy (non-hydrogen) atoms. The van der Waals surface area contributed by atoms with Gasteiger partial charge in [-0.25, -0.2) is 0 Å². The second kappa shape index (κ2) is 6.09. The van der Waals surface area contributed by atoms with E-state index in [0.717, 1.165) is 43.2 Å². The molecule has 1 fully saturated rings. The fourth-order valence-electron chi connectivity index (χ4n) is 2.45. The molecule has 5 heteroatoms. The molecular weight excluding hydrogens is 228 g/mol. The van der Waals surface area contributed by atoms with Crippen LogP contribution < -0.4 is 11.1 Å². The molecule has 1 aromatic heterocycles. The summed E-state index contributed by atoms with van der Waals surface area (Å²) in [6.07, 6.45) is 5.99. The van der Waals surface area contributed by atoms with E-state index in [1.807, 2.05) is 11.7 Å². The topological polar surface area (TPSA) is 65.1 Å². The van der Waals surface area contributed by atoms with Gasteiger partial charge in [-0.2, -0.15) is 5.10 Å². The Hall–Kier alpha value is -1.23. The molecule has 1 unspecified atom stereocenters. The van der Waals surface area contributed by atoms with Gasteiger partial charge in [0, 0.05) is 20.2 Å². The van der Waals surface area contributed by atoms with Crippen molar-refractivity contribution in [3.05, 3.63) is 5.69 Å². The molecular formula is C13H24N4O. The van der Waals surface area contributed by atoms with Crippen LogP contribution >= 0.6 is 0 Å². The van der Waals surface area contributed by atoms with Gasteiger partial charge in [0.1, 0.15) is 5.82 Å². The van der Waals surface area contributed by atoms with E-state index in [0.29, 0.717) is 6.10 Å². The summed E-state index contributed by atoms with van der Waals surface area (Å²) in [5.41, 5.74) is 7.81. The number of ether oxygens (including phenoxy) is 1. The van der Waals surface area contributed by atoms with Gasteiger partial charge in [0.25, 0.3) is 0 Å². The third-order valence-corrected chi connectivity index (χ3v) is 3.53. The molecule has 0 aliphatic carbocycles. The van der Waals surface area contributed by atoms with Crippen LogP contribution in [0.2, 0.25) is 0 Å². The highest BCUT2D eigenvalue weighted by Crippen LogP contribution is 2.22. The summed E-state index contributed by atoms with van der Waals surface area (Å²) < 4.78 is 7.54. The number of nitrogens with one attached hydrogen (secondary N) is 1. The van der Waals surface area contributed by atoms with Crippen LogP contribution in [0.3, 0.4) is 0 Å². The number of hydrogen-bond acceptors (Lipinski definition) is 4. The van der Waals surface area contributed by atoms with Crippen molar-refractivity contribution < 1.29 is 4.74 Å². The average molecular weight is 252 g/mol. The summed E-state index contributed by atoms with van der Waals surface area (Å²) in [5.74, 6) is 0.933. The standard InChI is InChI=1S/C13H24N4O/c1-3-11-12(14)13(17(2)16-11)15-8-7-10-6-4-5-9-18-10/h10,15H,3-9,14H2,1-2H3. The van der Waals surface area contributed by atoms with Gasteiger partial charge in [0.05, 0.1) is 17.5 Å². The Morgan fingerprint density at radius 2 is 2.33 bits per heavy atom. The molecule has 102 valence electrons. The molecule has 2 rings (SSSR count). The molecule has 1 aliphatic heterocycles. The van der Waals surface area contributed by atoms with E-state index in [1.54, 1.807) is 0 Å². The van der Waals surface area contributed by atoms with Gasteiger partial charge in [-0.1, -0.05) is 6.92 Å². The van der Waals surface area contributed by atoms with Crippen molar-refractivity contribution in [3.8, 4) is 0 Å². The number of nitrogen functional groups attached to an aromatic ring is 1. The van der Waals surface area contributed by atoms with E-state index in [4.69, 9.17) is 10.5 Å². The first-order valence-corrected chi connectivity index (χ1v) is 6.89. The summed E-state index contributed by atoms with van der Waals surface area (Å²) in [5, 5.41) is 7.77. The van der Waals surface area contributed by atoms with Gasteiger partial charge in [-0.15, -0.1) is 0 Å². The van der Waals surface area contributed by atoms with Crippen LogP contribution in [0.15, 0.2) is 0 Å². The van der Waals surface area contributed by atoms with E-state index in [1.165, 1.54) is 19.3 Å². The van der Waals surface area contributed by atoms with Gasteiger partial charge < -0.3 is 15.8 Å². The number of aryl methyl sites for hydroxylation is 2. The molecule has 1 aromatic rings. The van der Waals surface area contributed by atoms with Crippen molar-refractivity contribution >= 4 is 11.5 Å². The summed E-state index contributed by atoms with van der Waals surface area (Å²) in [6, 6.07) is 0. The second-order valence-corrected chi connectivity index (χ2v) is 4.89. The van der Waals surface area contributed by atoms with E-state index in [2.05, 4.69) is 17.3 Å². The van der Waals surface area contributed by atoms with Crippen molar-refractivity contribution in [2.75, 3.05) is 24.2 Å². The minimum Gasteiger partial charge on any atom is -0.394 e. The van der Waals surface area contributed by atoms with Crippen molar-refractivity contribution in [2.24, 2.45) is 7.05 Å². The summed E-state index contributed by atoms with van der Waals surface area (Å²) >= 11 is 0. The maximum atomic E-state index is 6.06. The largest absolute Gasteiger partial charge is 0.394 e. The Balaban J connectivity index is 1.84.